The Kier molecular flexibility index (Phi) is 3.60. The minimum Gasteiger partial charge on any atom is -0.451 e. The van der Waals surface area contributed by atoms with Crippen molar-refractivity contribution in [1.29, 1.82) is 0 Å². The van der Waals surface area contributed by atoms with Crippen molar-refractivity contribution in [3.05, 3.63) is 35.4 Å². The Hall–Kier alpha value is -1.88. The van der Waals surface area contributed by atoms with E-state index in [1.807, 2.05) is 6.92 Å². The molecule has 1 aromatic rings. The van der Waals surface area contributed by atoms with Crippen molar-refractivity contribution >= 4 is 11.9 Å². The number of carbonyl (C=O) groups is 1. The molecule has 23 heavy (non-hydrogen) atoms. The minimum atomic E-state index is -0.380. The number of carbonyl (C=O) groups excluding carboxylic acids is 1. The van der Waals surface area contributed by atoms with Gasteiger partial charge in [-0.05, 0) is 30.4 Å². The molecule has 1 spiro atoms. The average Bonchev–Trinajstić information content (AvgIpc) is 3.12. The van der Waals surface area contributed by atoms with Crippen LogP contribution in [0.15, 0.2) is 29.3 Å². The molecule has 0 unspecified atom stereocenters. The number of fused-ring (bicyclic) bond motifs is 2. The highest BCUT2D eigenvalue weighted by molar-refractivity contribution is 5.98. The highest BCUT2D eigenvalue weighted by Crippen LogP contribution is 2.44. The predicted molar refractivity (Wildman–Crippen MR) is 85.9 cm³/mol. The molecule has 1 atom stereocenters. The second-order valence-corrected chi connectivity index (χ2v) is 6.55. The second kappa shape index (κ2) is 5.64. The Balaban J connectivity index is 1.45. The molecule has 5 nitrogen and oxygen atoms in total. The molecule has 0 aliphatic carbocycles. The van der Waals surface area contributed by atoms with Crippen LogP contribution in [0.4, 0.5) is 0 Å². The Labute approximate surface area is 136 Å². The monoisotopic (exact) mass is 314 g/mol. The van der Waals surface area contributed by atoms with Gasteiger partial charge < -0.3 is 14.4 Å². The van der Waals surface area contributed by atoms with Gasteiger partial charge in [0.15, 0.2) is 6.10 Å². The summed E-state index contributed by atoms with van der Waals surface area (Å²) < 4.78 is 11.9. The molecule has 0 saturated carbocycles. The molecule has 1 saturated heterocycles. The lowest BCUT2D eigenvalue weighted by molar-refractivity contribution is -0.123. The molecular formula is C18H22N2O3. The van der Waals surface area contributed by atoms with E-state index in [4.69, 9.17) is 9.47 Å². The first-order valence-electron chi connectivity index (χ1n) is 8.48. The third kappa shape index (κ3) is 2.43. The van der Waals surface area contributed by atoms with Gasteiger partial charge in [-0.3, -0.25) is 4.79 Å². The lowest BCUT2D eigenvalue weighted by atomic mass is 9.84. The Bertz CT molecular complexity index is 647. The van der Waals surface area contributed by atoms with Gasteiger partial charge >= 0.3 is 0 Å². The van der Waals surface area contributed by atoms with Crippen molar-refractivity contribution in [3.8, 4) is 0 Å². The van der Waals surface area contributed by atoms with E-state index in [2.05, 4.69) is 34.2 Å². The lowest BCUT2D eigenvalue weighted by Gasteiger charge is -2.39. The van der Waals surface area contributed by atoms with Crippen LogP contribution in [0.1, 0.15) is 43.7 Å². The van der Waals surface area contributed by atoms with Gasteiger partial charge in [0.1, 0.15) is 0 Å². The van der Waals surface area contributed by atoms with Crippen LogP contribution >= 0.6 is 0 Å². The van der Waals surface area contributed by atoms with E-state index in [0.717, 1.165) is 38.8 Å². The molecule has 0 N–H and O–H groups in total. The van der Waals surface area contributed by atoms with E-state index in [9.17, 15) is 4.79 Å². The fraction of sp³-hybridized carbons (Fsp3) is 0.556. The maximum absolute atomic E-state index is 11.9. The van der Waals surface area contributed by atoms with Crippen molar-refractivity contribution < 1.29 is 14.3 Å². The SMILES string of the molecule is CCC[C@@H]1OC(N2CCC3(CC2)OCc2ccccc23)=NC1=O. The van der Waals surface area contributed by atoms with Crippen LogP contribution in [0.25, 0.3) is 0 Å². The summed E-state index contributed by atoms with van der Waals surface area (Å²) in [5.41, 5.74) is 2.46. The second-order valence-electron chi connectivity index (χ2n) is 6.55. The van der Waals surface area contributed by atoms with Crippen LogP contribution in [0.3, 0.4) is 0 Å². The Morgan fingerprint density at radius 1 is 1.30 bits per heavy atom. The van der Waals surface area contributed by atoms with E-state index >= 15 is 0 Å². The molecule has 4 rings (SSSR count). The molecule has 1 fully saturated rings. The lowest BCUT2D eigenvalue weighted by Crippen LogP contribution is -2.45. The predicted octanol–water partition coefficient (Wildman–Crippen LogP) is 2.59. The van der Waals surface area contributed by atoms with Crippen LogP contribution < -0.4 is 0 Å². The van der Waals surface area contributed by atoms with E-state index in [-0.39, 0.29) is 17.6 Å². The normalized spacial score (nSPS) is 25.4. The Morgan fingerprint density at radius 2 is 2.09 bits per heavy atom. The summed E-state index contributed by atoms with van der Waals surface area (Å²) in [6, 6.07) is 8.99. The summed E-state index contributed by atoms with van der Waals surface area (Å²) in [5.74, 6) is -0.135. The first-order chi connectivity index (χ1) is 11.2. The smallest absolute Gasteiger partial charge is 0.296 e. The van der Waals surface area contributed by atoms with Crippen molar-refractivity contribution in [2.24, 2.45) is 4.99 Å². The molecule has 122 valence electrons. The van der Waals surface area contributed by atoms with Crippen molar-refractivity contribution in [2.75, 3.05) is 13.1 Å². The topological polar surface area (TPSA) is 51.1 Å². The molecule has 0 radical (unpaired) electrons. The molecule has 3 heterocycles. The number of aliphatic imine (C=N–C) groups is 1. The fourth-order valence-corrected chi connectivity index (χ4v) is 3.82. The number of hydrogen-bond acceptors (Lipinski definition) is 4. The van der Waals surface area contributed by atoms with Crippen LogP contribution in [-0.2, 0) is 26.5 Å². The number of amidine groups is 1. The largest absolute Gasteiger partial charge is 0.451 e. The summed E-state index contributed by atoms with van der Waals surface area (Å²) in [7, 11) is 0. The van der Waals surface area contributed by atoms with Gasteiger partial charge in [-0.2, -0.15) is 4.99 Å². The van der Waals surface area contributed by atoms with E-state index in [1.165, 1.54) is 11.1 Å². The molecule has 5 heteroatoms. The van der Waals surface area contributed by atoms with Gasteiger partial charge in [-0.15, -0.1) is 0 Å². The number of rotatable bonds is 2. The van der Waals surface area contributed by atoms with E-state index in [1.54, 1.807) is 0 Å². The third-order valence-corrected chi connectivity index (χ3v) is 5.13. The number of piperidine rings is 1. The molecule has 3 aliphatic heterocycles. The standard InChI is InChI=1S/C18H22N2O3/c1-2-5-15-16(21)19-17(23-15)20-10-8-18(9-11-20)14-7-4-3-6-13(14)12-22-18/h3-4,6-7,15H,2,5,8-12H2,1H3/t15-/m0/s1. The zero-order valence-electron chi connectivity index (χ0n) is 13.5. The van der Waals surface area contributed by atoms with Crippen LogP contribution in [0.5, 0.6) is 0 Å². The molecule has 3 aliphatic rings. The Morgan fingerprint density at radius 3 is 2.87 bits per heavy atom. The first kappa shape index (κ1) is 14.7. The van der Waals surface area contributed by atoms with Crippen LogP contribution in [-0.4, -0.2) is 36.0 Å². The quantitative estimate of drug-likeness (QED) is 0.842. The van der Waals surface area contributed by atoms with Crippen molar-refractivity contribution in [1.82, 2.24) is 4.90 Å². The molecule has 0 bridgehead atoms. The van der Waals surface area contributed by atoms with Gasteiger partial charge in [0.2, 0.25) is 0 Å². The maximum atomic E-state index is 11.9. The fourth-order valence-electron chi connectivity index (χ4n) is 3.82. The first-order valence-corrected chi connectivity index (χ1v) is 8.48. The van der Waals surface area contributed by atoms with Crippen LogP contribution in [0, 0.1) is 0 Å². The minimum absolute atomic E-state index is 0.135. The summed E-state index contributed by atoms with van der Waals surface area (Å²) in [4.78, 5) is 18.1. The van der Waals surface area contributed by atoms with Gasteiger partial charge in [0.05, 0.1) is 12.2 Å². The van der Waals surface area contributed by atoms with Crippen molar-refractivity contribution in [3.63, 3.8) is 0 Å². The highest BCUT2D eigenvalue weighted by atomic mass is 16.5. The number of ether oxygens (including phenoxy) is 2. The van der Waals surface area contributed by atoms with Crippen molar-refractivity contribution in [2.45, 2.75) is 50.9 Å². The van der Waals surface area contributed by atoms with Gasteiger partial charge in [-0.1, -0.05) is 37.6 Å². The number of nitrogens with zero attached hydrogens (tertiary/aromatic N) is 2. The number of amides is 1. The maximum Gasteiger partial charge on any atom is 0.296 e. The number of likely N-dealkylation sites (tertiary alicyclic amines) is 1. The average molecular weight is 314 g/mol. The molecule has 1 amide bonds. The molecule has 1 aromatic carbocycles. The summed E-state index contributed by atoms with van der Waals surface area (Å²) in [6.45, 7) is 4.36. The molecule has 0 aromatic heterocycles. The van der Waals surface area contributed by atoms with Gasteiger partial charge in [0.25, 0.3) is 11.9 Å². The number of hydrogen-bond donors (Lipinski definition) is 0. The zero-order chi connectivity index (χ0) is 15.9. The van der Waals surface area contributed by atoms with Gasteiger partial charge in [0, 0.05) is 13.1 Å². The summed E-state index contributed by atoms with van der Waals surface area (Å²) in [6.07, 6.45) is 3.08. The highest BCUT2D eigenvalue weighted by Gasteiger charge is 2.44. The molecular weight excluding hydrogens is 292 g/mol. The van der Waals surface area contributed by atoms with E-state index in [0.29, 0.717) is 12.6 Å². The van der Waals surface area contributed by atoms with Crippen LogP contribution in [0.2, 0.25) is 0 Å². The van der Waals surface area contributed by atoms with Gasteiger partial charge in [-0.25, -0.2) is 0 Å². The zero-order valence-corrected chi connectivity index (χ0v) is 13.5. The summed E-state index contributed by atoms with van der Waals surface area (Å²) >= 11 is 0. The number of benzene rings is 1. The third-order valence-electron chi connectivity index (χ3n) is 5.13. The van der Waals surface area contributed by atoms with E-state index < -0.39 is 0 Å². The summed E-state index contributed by atoms with van der Waals surface area (Å²) in [5, 5.41) is 0.